The quantitative estimate of drug-likeness (QED) is 0.301. The van der Waals surface area contributed by atoms with Crippen LogP contribution in [0.2, 0.25) is 0 Å². The van der Waals surface area contributed by atoms with Crippen LogP contribution in [0.1, 0.15) is 37.8 Å². The molecule has 1 aliphatic rings. The van der Waals surface area contributed by atoms with E-state index in [0.717, 1.165) is 41.4 Å². The number of piperidine rings is 1. The molecule has 4 rings (SSSR count). The highest BCUT2D eigenvalue weighted by molar-refractivity contribution is 5.92. The first kappa shape index (κ1) is 28.4. The molecular formula is C31H42N6O2. The molecule has 39 heavy (non-hydrogen) atoms. The Balaban J connectivity index is 1.64. The van der Waals surface area contributed by atoms with Crippen molar-refractivity contribution in [1.82, 2.24) is 25.6 Å². The van der Waals surface area contributed by atoms with Gasteiger partial charge in [0.15, 0.2) is 0 Å². The summed E-state index contributed by atoms with van der Waals surface area (Å²) in [6, 6.07) is 17.6. The van der Waals surface area contributed by atoms with Crippen LogP contribution in [0.25, 0.3) is 10.9 Å². The number of carbonyl (C=O) groups excluding carboxylic acids is 2. The van der Waals surface area contributed by atoms with E-state index in [1.165, 1.54) is 5.56 Å². The Bertz CT molecular complexity index is 1310. The molecule has 0 radical (unpaired) electrons. The van der Waals surface area contributed by atoms with Gasteiger partial charge in [0.05, 0.1) is 5.54 Å². The fraction of sp³-hybridized carbons (Fsp3) is 0.419. The number of nitrogens with two attached hydrogens (primary N) is 1. The first-order valence-corrected chi connectivity index (χ1v) is 13.6. The lowest BCUT2D eigenvalue weighted by atomic mass is 9.72. The van der Waals surface area contributed by atoms with Crippen LogP contribution in [0.4, 0.5) is 0 Å². The van der Waals surface area contributed by atoms with Crippen LogP contribution < -0.4 is 16.5 Å². The van der Waals surface area contributed by atoms with E-state index in [1.54, 1.807) is 13.8 Å². The van der Waals surface area contributed by atoms with Gasteiger partial charge in [-0.3, -0.25) is 9.59 Å². The van der Waals surface area contributed by atoms with E-state index in [-0.39, 0.29) is 17.2 Å². The SMILES string of the molecule is C=C(NN(C)C)C1(Cc2ccccc2)CCCN(C(=O)[C@@H](Cc2c[nH]c3ccccc23)NC(=O)C(C)(C)N)C1. The number of aromatic amines is 1. The summed E-state index contributed by atoms with van der Waals surface area (Å²) in [5.41, 5.74) is 12.1. The number of hydrogen-bond acceptors (Lipinski definition) is 5. The topological polar surface area (TPSA) is 106 Å². The minimum Gasteiger partial charge on any atom is -0.361 e. The van der Waals surface area contributed by atoms with E-state index in [0.29, 0.717) is 19.5 Å². The van der Waals surface area contributed by atoms with Crippen molar-refractivity contribution >= 4 is 22.7 Å². The van der Waals surface area contributed by atoms with Gasteiger partial charge in [-0.1, -0.05) is 55.1 Å². The number of carbonyl (C=O) groups is 2. The van der Waals surface area contributed by atoms with Crippen molar-refractivity contribution in [3.63, 3.8) is 0 Å². The maximum Gasteiger partial charge on any atom is 0.245 e. The van der Waals surface area contributed by atoms with Crippen molar-refractivity contribution < 1.29 is 9.59 Å². The summed E-state index contributed by atoms with van der Waals surface area (Å²) in [4.78, 5) is 32.4. The van der Waals surface area contributed by atoms with Crippen molar-refractivity contribution in [2.75, 3.05) is 27.2 Å². The van der Waals surface area contributed by atoms with Gasteiger partial charge in [-0.05, 0) is 50.3 Å². The second kappa shape index (κ2) is 11.6. The molecule has 3 aromatic rings. The highest BCUT2D eigenvalue weighted by Gasteiger charge is 2.42. The van der Waals surface area contributed by atoms with Gasteiger partial charge in [0.25, 0.3) is 0 Å². The maximum atomic E-state index is 14.2. The van der Waals surface area contributed by atoms with Crippen LogP contribution >= 0.6 is 0 Å². The van der Waals surface area contributed by atoms with Crippen LogP contribution in [-0.4, -0.2) is 65.5 Å². The van der Waals surface area contributed by atoms with Gasteiger partial charge in [0, 0.05) is 61.8 Å². The predicted octanol–water partition coefficient (Wildman–Crippen LogP) is 3.36. The van der Waals surface area contributed by atoms with E-state index in [1.807, 2.05) is 72.7 Å². The molecule has 5 N–H and O–H groups in total. The average Bonchev–Trinajstić information content (AvgIpc) is 3.30. The Hall–Kier alpha value is -3.62. The molecule has 0 aliphatic carbocycles. The zero-order chi connectivity index (χ0) is 28.2. The molecule has 0 saturated carbocycles. The molecule has 2 aromatic carbocycles. The summed E-state index contributed by atoms with van der Waals surface area (Å²) < 4.78 is 0. The number of nitrogens with one attached hydrogen (secondary N) is 3. The van der Waals surface area contributed by atoms with Crippen molar-refractivity contribution in [3.05, 3.63) is 84.2 Å². The third kappa shape index (κ3) is 6.69. The van der Waals surface area contributed by atoms with Crippen LogP contribution in [0.3, 0.4) is 0 Å². The summed E-state index contributed by atoms with van der Waals surface area (Å²) in [6.45, 7) is 8.85. The largest absolute Gasteiger partial charge is 0.361 e. The van der Waals surface area contributed by atoms with Gasteiger partial charge in [-0.25, -0.2) is 5.01 Å². The van der Waals surface area contributed by atoms with Gasteiger partial charge in [-0.2, -0.15) is 0 Å². The Labute approximate surface area is 231 Å². The maximum absolute atomic E-state index is 14.2. The zero-order valence-electron chi connectivity index (χ0n) is 23.6. The average molecular weight is 531 g/mol. The molecule has 2 heterocycles. The number of nitrogens with zero attached hydrogens (tertiary/aromatic N) is 2. The molecule has 1 unspecified atom stereocenters. The number of hydrogen-bond donors (Lipinski definition) is 4. The molecule has 8 nitrogen and oxygen atoms in total. The number of rotatable bonds is 10. The molecule has 8 heteroatoms. The lowest BCUT2D eigenvalue weighted by molar-refractivity contribution is -0.139. The lowest BCUT2D eigenvalue weighted by Gasteiger charge is -2.46. The molecule has 1 aliphatic heterocycles. The number of para-hydroxylation sites is 1. The summed E-state index contributed by atoms with van der Waals surface area (Å²) in [5.74, 6) is -0.459. The summed E-state index contributed by atoms with van der Waals surface area (Å²) in [5, 5.41) is 5.91. The Morgan fingerprint density at radius 2 is 1.85 bits per heavy atom. The Kier molecular flexibility index (Phi) is 8.47. The van der Waals surface area contributed by atoms with E-state index in [4.69, 9.17) is 5.73 Å². The van der Waals surface area contributed by atoms with Crippen molar-refractivity contribution in [2.45, 2.75) is 51.1 Å². The molecule has 0 spiro atoms. The molecule has 1 fully saturated rings. The number of aromatic nitrogens is 1. The van der Waals surface area contributed by atoms with Gasteiger partial charge in [0.1, 0.15) is 6.04 Å². The minimum absolute atomic E-state index is 0.104. The van der Waals surface area contributed by atoms with Gasteiger partial charge in [0.2, 0.25) is 11.8 Å². The molecule has 208 valence electrons. The first-order valence-electron chi connectivity index (χ1n) is 13.6. The van der Waals surface area contributed by atoms with E-state index in [9.17, 15) is 9.59 Å². The number of likely N-dealkylation sites (tertiary alicyclic amines) is 1. The second-order valence-electron chi connectivity index (χ2n) is 11.6. The van der Waals surface area contributed by atoms with Gasteiger partial charge in [-0.15, -0.1) is 0 Å². The first-order chi connectivity index (χ1) is 18.5. The van der Waals surface area contributed by atoms with Crippen molar-refractivity contribution in [1.29, 1.82) is 0 Å². The van der Waals surface area contributed by atoms with Crippen LogP contribution in [-0.2, 0) is 22.4 Å². The second-order valence-corrected chi connectivity index (χ2v) is 11.6. The minimum atomic E-state index is -1.11. The number of fused-ring (bicyclic) bond motifs is 1. The summed E-state index contributed by atoms with van der Waals surface area (Å²) >= 11 is 0. The third-order valence-electron chi connectivity index (χ3n) is 7.56. The molecule has 0 bridgehead atoms. The number of benzene rings is 2. The zero-order valence-corrected chi connectivity index (χ0v) is 23.6. The highest BCUT2D eigenvalue weighted by Crippen LogP contribution is 2.39. The number of amides is 2. The lowest BCUT2D eigenvalue weighted by Crippen LogP contribution is -2.59. The van der Waals surface area contributed by atoms with Gasteiger partial charge >= 0.3 is 0 Å². The highest BCUT2D eigenvalue weighted by atomic mass is 16.2. The number of H-pyrrole nitrogens is 1. The summed E-state index contributed by atoms with van der Waals surface area (Å²) in [6.07, 6.45) is 4.78. The van der Waals surface area contributed by atoms with Crippen LogP contribution in [0, 0.1) is 5.41 Å². The monoisotopic (exact) mass is 530 g/mol. The Morgan fingerprint density at radius 1 is 1.15 bits per heavy atom. The smallest absolute Gasteiger partial charge is 0.245 e. The summed E-state index contributed by atoms with van der Waals surface area (Å²) in [7, 11) is 3.88. The molecular weight excluding hydrogens is 488 g/mol. The molecule has 1 saturated heterocycles. The van der Waals surface area contributed by atoms with Crippen molar-refractivity contribution in [2.24, 2.45) is 11.1 Å². The van der Waals surface area contributed by atoms with E-state index < -0.39 is 11.6 Å². The fourth-order valence-electron chi connectivity index (χ4n) is 5.48. The van der Waals surface area contributed by atoms with Crippen LogP contribution in [0.5, 0.6) is 0 Å². The standard InChI is InChI=1S/C31H42N6O2/c1-22(35-36(4)5)31(19-23-12-7-6-8-13-23)16-11-17-37(21-31)28(38)27(34-29(39)30(2,3)32)18-24-20-33-26-15-10-9-14-25(24)26/h6-10,12-15,20,27,33,35H,1,11,16-19,21,32H2,2-5H3,(H,34,39)/t27-,31?/m1/s1. The van der Waals surface area contributed by atoms with Crippen LogP contribution in [0.15, 0.2) is 73.1 Å². The molecule has 2 amide bonds. The van der Waals surface area contributed by atoms with E-state index in [2.05, 4.69) is 34.4 Å². The van der Waals surface area contributed by atoms with E-state index >= 15 is 0 Å². The fourth-order valence-corrected chi connectivity index (χ4v) is 5.48. The van der Waals surface area contributed by atoms with Gasteiger partial charge < -0.3 is 26.4 Å². The predicted molar refractivity (Wildman–Crippen MR) is 157 cm³/mol. The number of hydrazine groups is 1. The molecule has 2 atom stereocenters. The normalized spacial score (nSPS) is 18.7. The molecule has 1 aromatic heterocycles. The Morgan fingerprint density at radius 3 is 2.54 bits per heavy atom. The van der Waals surface area contributed by atoms with Crippen molar-refractivity contribution in [3.8, 4) is 0 Å². The third-order valence-corrected chi connectivity index (χ3v) is 7.56.